The molecule has 0 aliphatic heterocycles. The van der Waals surface area contributed by atoms with E-state index in [2.05, 4.69) is 0 Å². The maximum atomic E-state index is 11.1. The lowest BCUT2D eigenvalue weighted by Gasteiger charge is -2.27. The molecule has 0 heterocycles. The molecular formula is C13H19NO5. The molecule has 0 aliphatic carbocycles. The van der Waals surface area contributed by atoms with E-state index in [4.69, 9.17) is 14.3 Å². The number of hydrogen-bond donors (Lipinski definition) is 1. The third kappa shape index (κ3) is 4.51. The van der Waals surface area contributed by atoms with Crippen LogP contribution in [-0.4, -0.2) is 43.7 Å². The maximum absolute atomic E-state index is 11.1. The number of benzene rings is 1. The number of methoxy groups -OCH3 is 2. The van der Waals surface area contributed by atoms with E-state index in [9.17, 15) is 9.90 Å². The van der Waals surface area contributed by atoms with Gasteiger partial charge in [-0.2, -0.15) is 0 Å². The van der Waals surface area contributed by atoms with Crippen LogP contribution in [0, 0.1) is 0 Å². The lowest BCUT2D eigenvalue weighted by molar-refractivity contribution is -0.228. The van der Waals surface area contributed by atoms with Crippen molar-refractivity contribution in [3.8, 4) is 5.75 Å². The van der Waals surface area contributed by atoms with E-state index in [0.717, 1.165) is 5.56 Å². The SMILES string of the molecule is COCN(OC(C)=O)C(CO)c1ccc(OC)cc1. The topological polar surface area (TPSA) is 68.2 Å². The minimum Gasteiger partial charge on any atom is -0.497 e. The van der Waals surface area contributed by atoms with E-state index < -0.39 is 12.0 Å². The largest absolute Gasteiger partial charge is 0.497 e. The van der Waals surface area contributed by atoms with Crippen LogP contribution in [0.2, 0.25) is 0 Å². The summed E-state index contributed by atoms with van der Waals surface area (Å²) >= 11 is 0. The Kier molecular flexibility index (Phi) is 6.27. The van der Waals surface area contributed by atoms with Gasteiger partial charge < -0.3 is 19.4 Å². The second kappa shape index (κ2) is 7.73. The number of hydroxylamine groups is 2. The Morgan fingerprint density at radius 1 is 1.32 bits per heavy atom. The number of aliphatic hydroxyl groups is 1. The summed E-state index contributed by atoms with van der Waals surface area (Å²) in [5.74, 6) is 0.246. The molecule has 6 heteroatoms. The summed E-state index contributed by atoms with van der Waals surface area (Å²) in [6.07, 6.45) is 0. The normalized spacial score (nSPS) is 12.3. The molecule has 1 rings (SSSR count). The van der Waals surface area contributed by atoms with Gasteiger partial charge in [0.1, 0.15) is 12.5 Å². The third-order valence-corrected chi connectivity index (χ3v) is 2.52. The molecule has 0 fully saturated rings. The van der Waals surface area contributed by atoms with Crippen LogP contribution in [0.3, 0.4) is 0 Å². The number of nitrogens with zero attached hydrogens (tertiary/aromatic N) is 1. The molecule has 0 aliphatic rings. The fraction of sp³-hybridized carbons (Fsp3) is 0.462. The number of aliphatic hydroxyl groups excluding tert-OH is 1. The van der Waals surface area contributed by atoms with Gasteiger partial charge in [0.2, 0.25) is 0 Å². The van der Waals surface area contributed by atoms with Crippen LogP contribution in [0.15, 0.2) is 24.3 Å². The van der Waals surface area contributed by atoms with Gasteiger partial charge in [-0.15, -0.1) is 5.06 Å². The molecule has 0 radical (unpaired) electrons. The summed E-state index contributed by atoms with van der Waals surface area (Å²) in [6.45, 7) is 1.16. The first-order valence-electron chi connectivity index (χ1n) is 5.81. The van der Waals surface area contributed by atoms with Crippen molar-refractivity contribution >= 4 is 5.97 Å². The van der Waals surface area contributed by atoms with Crippen molar-refractivity contribution in [1.82, 2.24) is 5.06 Å². The van der Waals surface area contributed by atoms with Gasteiger partial charge in [-0.05, 0) is 17.7 Å². The van der Waals surface area contributed by atoms with Gasteiger partial charge in [-0.25, -0.2) is 0 Å². The Morgan fingerprint density at radius 3 is 2.37 bits per heavy atom. The standard InChI is InChI=1S/C13H19NO5/c1-10(16)19-14(9-17-2)13(8-15)11-4-6-12(18-3)7-5-11/h4-7,13,15H,8-9H2,1-3H3. The van der Waals surface area contributed by atoms with Crippen LogP contribution in [0.5, 0.6) is 5.75 Å². The van der Waals surface area contributed by atoms with E-state index in [1.165, 1.54) is 19.1 Å². The zero-order chi connectivity index (χ0) is 14.3. The number of ether oxygens (including phenoxy) is 2. The number of rotatable bonds is 7. The van der Waals surface area contributed by atoms with Crippen molar-refractivity contribution in [1.29, 1.82) is 0 Å². The molecule has 0 saturated heterocycles. The highest BCUT2D eigenvalue weighted by molar-refractivity contribution is 5.65. The van der Waals surface area contributed by atoms with Crippen LogP contribution >= 0.6 is 0 Å². The van der Waals surface area contributed by atoms with Gasteiger partial charge in [0.15, 0.2) is 0 Å². The van der Waals surface area contributed by atoms with E-state index >= 15 is 0 Å². The fourth-order valence-electron chi connectivity index (χ4n) is 1.66. The molecule has 1 N–H and O–H groups in total. The predicted molar refractivity (Wildman–Crippen MR) is 68.3 cm³/mol. The van der Waals surface area contributed by atoms with E-state index in [1.807, 2.05) is 0 Å². The molecule has 1 aromatic carbocycles. The van der Waals surface area contributed by atoms with Crippen molar-refractivity contribution in [3.05, 3.63) is 29.8 Å². The number of carbonyl (C=O) groups is 1. The molecule has 19 heavy (non-hydrogen) atoms. The molecule has 106 valence electrons. The van der Waals surface area contributed by atoms with Gasteiger partial charge in [0.25, 0.3) is 0 Å². The molecule has 0 bridgehead atoms. The molecule has 0 aromatic heterocycles. The van der Waals surface area contributed by atoms with Crippen molar-refractivity contribution in [2.45, 2.75) is 13.0 Å². The van der Waals surface area contributed by atoms with Gasteiger partial charge >= 0.3 is 5.97 Å². The van der Waals surface area contributed by atoms with Gasteiger partial charge in [0, 0.05) is 14.0 Å². The zero-order valence-electron chi connectivity index (χ0n) is 11.3. The Labute approximate surface area is 112 Å². The Bertz CT molecular complexity index is 393. The summed E-state index contributed by atoms with van der Waals surface area (Å²) in [5.41, 5.74) is 0.793. The maximum Gasteiger partial charge on any atom is 0.322 e. The van der Waals surface area contributed by atoms with Gasteiger partial charge in [-0.1, -0.05) is 12.1 Å². The van der Waals surface area contributed by atoms with Crippen molar-refractivity contribution in [2.24, 2.45) is 0 Å². The average Bonchev–Trinajstić information content (AvgIpc) is 2.40. The average molecular weight is 269 g/mol. The van der Waals surface area contributed by atoms with Crippen LogP contribution in [0.25, 0.3) is 0 Å². The molecule has 1 atom stereocenters. The lowest BCUT2D eigenvalue weighted by atomic mass is 10.1. The first kappa shape index (κ1) is 15.4. The van der Waals surface area contributed by atoms with E-state index in [-0.39, 0.29) is 13.3 Å². The molecule has 0 spiro atoms. The van der Waals surface area contributed by atoms with Crippen LogP contribution < -0.4 is 4.74 Å². The third-order valence-electron chi connectivity index (χ3n) is 2.52. The van der Waals surface area contributed by atoms with Gasteiger partial charge in [-0.3, -0.25) is 4.79 Å². The predicted octanol–water partition coefficient (Wildman–Crippen LogP) is 1.11. The summed E-state index contributed by atoms with van der Waals surface area (Å²) in [6, 6.07) is 6.65. The highest BCUT2D eigenvalue weighted by Gasteiger charge is 2.22. The monoisotopic (exact) mass is 269 g/mol. The molecule has 0 saturated carbocycles. The molecular weight excluding hydrogens is 250 g/mol. The van der Waals surface area contributed by atoms with Crippen molar-refractivity contribution < 1.29 is 24.2 Å². The fourth-order valence-corrected chi connectivity index (χ4v) is 1.66. The Balaban J connectivity index is 2.90. The van der Waals surface area contributed by atoms with E-state index in [1.54, 1.807) is 31.4 Å². The summed E-state index contributed by atoms with van der Waals surface area (Å²) < 4.78 is 10.0. The van der Waals surface area contributed by atoms with Gasteiger partial charge in [0.05, 0.1) is 19.8 Å². The zero-order valence-corrected chi connectivity index (χ0v) is 11.3. The van der Waals surface area contributed by atoms with E-state index in [0.29, 0.717) is 5.75 Å². The summed E-state index contributed by atoms with van der Waals surface area (Å²) in [4.78, 5) is 16.1. The first-order chi connectivity index (χ1) is 9.12. The summed E-state index contributed by atoms with van der Waals surface area (Å²) in [7, 11) is 3.06. The summed E-state index contributed by atoms with van der Waals surface area (Å²) in [5, 5.41) is 10.8. The number of carbonyl (C=O) groups excluding carboxylic acids is 1. The van der Waals surface area contributed by atoms with Crippen LogP contribution in [0.1, 0.15) is 18.5 Å². The smallest absolute Gasteiger partial charge is 0.322 e. The van der Waals surface area contributed by atoms with Crippen molar-refractivity contribution in [3.63, 3.8) is 0 Å². The Morgan fingerprint density at radius 2 is 1.95 bits per heavy atom. The minimum absolute atomic E-state index is 0.0663. The molecule has 6 nitrogen and oxygen atoms in total. The Hall–Kier alpha value is -1.63. The molecule has 1 unspecified atom stereocenters. The van der Waals surface area contributed by atoms with Crippen LogP contribution in [0.4, 0.5) is 0 Å². The minimum atomic E-state index is -0.491. The molecule has 1 aromatic rings. The van der Waals surface area contributed by atoms with Crippen molar-refractivity contribution in [2.75, 3.05) is 27.6 Å². The number of hydrogen-bond acceptors (Lipinski definition) is 6. The highest BCUT2D eigenvalue weighted by Crippen LogP contribution is 2.23. The lowest BCUT2D eigenvalue weighted by Crippen LogP contribution is -2.34. The highest BCUT2D eigenvalue weighted by atomic mass is 16.7. The quantitative estimate of drug-likeness (QED) is 0.591. The molecule has 0 amide bonds. The second-order valence-corrected chi connectivity index (χ2v) is 3.89. The van der Waals surface area contributed by atoms with Crippen LogP contribution in [-0.2, 0) is 14.4 Å². The second-order valence-electron chi connectivity index (χ2n) is 3.89. The first-order valence-corrected chi connectivity index (χ1v) is 5.81.